The van der Waals surface area contributed by atoms with E-state index in [2.05, 4.69) is 19.6 Å². The van der Waals surface area contributed by atoms with E-state index in [0.717, 1.165) is 0 Å². The minimum absolute atomic E-state index is 0.604. The van der Waals surface area contributed by atoms with E-state index in [0.29, 0.717) is 10.8 Å². The normalized spacial score (nSPS) is 33.4. The van der Waals surface area contributed by atoms with E-state index in [9.17, 15) is 0 Å². The maximum atomic E-state index is 3.90. The van der Waals surface area contributed by atoms with Gasteiger partial charge in [-0.25, -0.2) is 0 Å². The third-order valence-electron chi connectivity index (χ3n) is 3.38. The summed E-state index contributed by atoms with van der Waals surface area (Å²) in [6.07, 6.45) is 7.90. The van der Waals surface area contributed by atoms with Crippen LogP contribution in [0.5, 0.6) is 0 Å². The first-order chi connectivity index (χ1) is 4.22. The molecule has 0 radical (unpaired) electrons. The van der Waals surface area contributed by atoms with Crippen molar-refractivity contribution < 1.29 is 0 Å². The molecule has 9 heavy (non-hydrogen) atoms. The largest absolute Gasteiger partial charge is 0.103 e. The lowest BCUT2D eigenvalue weighted by Gasteiger charge is -2.16. The van der Waals surface area contributed by atoms with Crippen molar-refractivity contribution >= 4 is 0 Å². The van der Waals surface area contributed by atoms with Crippen molar-refractivity contribution in [2.24, 2.45) is 10.8 Å². The lowest BCUT2D eigenvalue weighted by molar-refractivity contribution is 0.386. The molecule has 2 rings (SSSR count). The number of hydrogen-bond acceptors (Lipinski definition) is 0. The number of allylic oxidation sites excluding steroid dienone is 1. The van der Waals surface area contributed by atoms with Gasteiger partial charge in [0.15, 0.2) is 0 Å². The fourth-order valence-corrected chi connectivity index (χ4v) is 1.87. The fraction of sp³-hybridized carbons (Fsp3) is 0.778. The van der Waals surface area contributed by atoms with Crippen molar-refractivity contribution in [1.29, 1.82) is 0 Å². The maximum absolute atomic E-state index is 3.90. The highest BCUT2D eigenvalue weighted by Crippen LogP contribution is 2.70. The van der Waals surface area contributed by atoms with E-state index in [1.54, 1.807) is 0 Å². The average molecular weight is 122 g/mol. The summed E-state index contributed by atoms with van der Waals surface area (Å²) in [5.41, 5.74) is 1.29. The summed E-state index contributed by atoms with van der Waals surface area (Å²) >= 11 is 0. The van der Waals surface area contributed by atoms with Gasteiger partial charge in [-0.05, 0) is 36.5 Å². The summed E-state index contributed by atoms with van der Waals surface area (Å²) in [6, 6.07) is 0. The Morgan fingerprint density at radius 1 is 1.22 bits per heavy atom. The molecule has 2 fully saturated rings. The van der Waals surface area contributed by atoms with Crippen LogP contribution in [-0.4, -0.2) is 0 Å². The van der Waals surface area contributed by atoms with Crippen molar-refractivity contribution in [3.05, 3.63) is 12.7 Å². The van der Waals surface area contributed by atoms with Gasteiger partial charge in [0.1, 0.15) is 0 Å². The van der Waals surface area contributed by atoms with Crippen LogP contribution >= 0.6 is 0 Å². The van der Waals surface area contributed by atoms with Gasteiger partial charge in [0.05, 0.1) is 0 Å². The van der Waals surface area contributed by atoms with E-state index < -0.39 is 0 Å². The molecule has 0 N–H and O–H groups in total. The van der Waals surface area contributed by atoms with Gasteiger partial charge < -0.3 is 0 Å². The maximum Gasteiger partial charge on any atom is -0.00665 e. The Kier molecular flexibility index (Phi) is 0.769. The van der Waals surface area contributed by atoms with Crippen LogP contribution in [0.1, 0.15) is 32.6 Å². The Balaban J connectivity index is 2.20. The highest BCUT2D eigenvalue weighted by molar-refractivity contribution is 5.19. The second-order valence-electron chi connectivity index (χ2n) is 3.92. The molecule has 0 atom stereocenters. The molecule has 2 aliphatic rings. The fourth-order valence-electron chi connectivity index (χ4n) is 1.87. The second kappa shape index (κ2) is 1.25. The SMILES string of the molecule is C=CC1(C2(C)CC2)CC1. The zero-order chi connectivity index (χ0) is 6.54. The zero-order valence-corrected chi connectivity index (χ0v) is 6.11. The van der Waals surface area contributed by atoms with Crippen LogP contribution in [0.2, 0.25) is 0 Å². The van der Waals surface area contributed by atoms with Crippen molar-refractivity contribution in [3.8, 4) is 0 Å². The Hall–Kier alpha value is -0.260. The lowest BCUT2D eigenvalue weighted by atomic mass is 9.88. The van der Waals surface area contributed by atoms with Crippen LogP contribution in [0, 0.1) is 10.8 Å². The Morgan fingerprint density at radius 3 is 1.89 bits per heavy atom. The molecule has 0 aromatic heterocycles. The van der Waals surface area contributed by atoms with Crippen LogP contribution in [0.4, 0.5) is 0 Å². The summed E-state index contributed by atoms with van der Waals surface area (Å²) in [5.74, 6) is 0. The molecular weight excluding hydrogens is 108 g/mol. The van der Waals surface area contributed by atoms with Crippen molar-refractivity contribution in [2.45, 2.75) is 32.6 Å². The summed E-state index contributed by atoms with van der Waals surface area (Å²) < 4.78 is 0. The molecule has 0 saturated heterocycles. The zero-order valence-electron chi connectivity index (χ0n) is 6.11. The van der Waals surface area contributed by atoms with Crippen LogP contribution in [0.15, 0.2) is 12.7 Å². The van der Waals surface area contributed by atoms with Gasteiger partial charge in [0.2, 0.25) is 0 Å². The number of hydrogen-bond donors (Lipinski definition) is 0. The van der Waals surface area contributed by atoms with Gasteiger partial charge >= 0.3 is 0 Å². The molecule has 0 heteroatoms. The molecular formula is C9H14. The van der Waals surface area contributed by atoms with Crippen molar-refractivity contribution in [3.63, 3.8) is 0 Å². The van der Waals surface area contributed by atoms with Gasteiger partial charge in [-0.15, -0.1) is 6.58 Å². The molecule has 2 aliphatic carbocycles. The van der Waals surface area contributed by atoms with E-state index in [1.807, 2.05) is 0 Å². The van der Waals surface area contributed by atoms with E-state index in [1.165, 1.54) is 25.7 Å². The standard InChI is InChI=1S/C9H14/c1-3-9(6-7-9)8(2)4-5-8/h3H,1,4-7H2,2H3. The highest BCUT2D eigenvalue weighted by atomic mass is 14.6. The quantitative estimate of drug-likeness (QED) is 0.494. The van der Waals surface area contributed by atoms with Gasteiger partial charge in [-0.3, -0.25) is 0 Å². The molecule has 0 bridgehead atoms. The van der Waals surface area contributed by atoms with Crippen LogP contribution in [0.3, 0.4) is 0 Å². The Labute approximate surface area is 57.0 Å². The monoisotopic (exact) mass is 122 g/mol. The molecule has 0 unspecified atom stereocenters. The second-order valence-corrected chi connectivity index (χ2v) is 3.92. The molecule has 0 aromatic rings. The first kappa shape index (κ1) is 5.52. The molecule has 2 saturated carbocycles. The van der Waals surface area contributed by atoms with Crippen molar-refractivity contribution in [1.82, 2.24) is 0 Å². The molecule has 0 aliphatic heterocycles. The van der Waals surface area contributed by atoms with Gasteiger partial charge in [-0.1, -0.05) is 13.0 Å². The van der Waals surface area contributed by atoms with Crippen LogP contribution < -0.4 is 0 Å². The van der Waals surface area contributed by atoms with E-state index in [-0.39, 0.29) is 0 Å². The predicted molar refractivity (Wildman–Crippen MR) is 39.2 cm³/mol. The third-order valence-corrected chi connectivity index (χ3v) is 3.38. The van der Waals surface area contributed by atoms with Gasteiger partial charge in [-0.2, -0.15) is 0 Å². The average Bonchev–Trinajstić information content (AvgIpc) is 2.61. The summed E-state index contributed by atoms with van der Waals surface area (Å²) in [7, 11) is 0. The minimum atomic E-state index is 0.604. The predicted octanol–water partition coefficient (Wildman–Crippen LogP) is 2.75. The summed E-state index contributed by atoms with van der Waals surface area (Å²) in [6.45, 7) is 6.31. The Morgan fingerprint density at radius 2 is 1.78 bits per heavy atom. The molecule has 0 heterocycles. The molecule has 0 spiro atoms. The molecule has 0 nitrogen and oxygen atoms in total. The molecule has 50 valence electrons. The molecule has 0 amide bonds. The van der Waals surface area contributed by atoms with E-state index >= 15 is 0 Å². The Bertz CT molecular complexity index is 147. The smallest absolute Gasteiger partial charge is 0.00665 e. The minimum Gasteiger partial charge on any atom is -0.103 e. The van der Waals surface area contributed by atoms with Gasteiger partial charge in [0, 0.05) is 0 Å². The van der Waals surface area contributed by atoms with Crippen LogP contribution in [0.25, 0.3) is 0 Å². The summed E-state index contributed by atoms with van der Waals surface area (Å²) in [4.78, 5) is 0. The van der Waals surface area contributed by atoms with E-state index in [4.69, 9.17) is 0 Å². The van der Waals surface area contributed by atoms with Gasteiger partial charge in [0.25, 0.3) is 0 Å². The van der Waals surface area contributed by atoms with Crippen molar-refractivity contribution in [2.75, 3.05) is 0 Å². The first-order valence-electron chi connectivity index (χ1n) is 3.86. The lowest BCUT2D eigenvalue weighted by Crippen LogP contribution is -2.09. The topological polar surface area (TPSA) is 0 Å². The highest BCUT2D eigenvalue weighted by Gasteiger charge is 2.60. The molecule has 0 aromatic carbocycles. The van der Waals surface area contributed by atoms with Crippen LogP contribution in [-0.2, 0) is 0 Å². The first-order valence-corrected chi connectivity index (χ1v) is 3.86. The third kappa shape index (κ3) is 0.540. The number of rotatable bonds is 2. The summed E-state index contributed by atoms with van der Waals surface area (Å²) in [5, 5.41) is 0.